The topological polar surface area (TPSA) is 20.3 Å². The van der Waals surface area contributed by atoms with Gasteiger partial charge in [-0.25, -0.2) is 0 Å². The van der Waals surface area contributed by atoms with Gasteiger partial charge in [0.1, 0.15) is 0 Å². The van der Waals surface area contributed by atoms with E-state index in [0.29, 0.717) is 5.91 Å². The van der Waals surface area contributed by atoms with Gasteiger partial charge in [-0.1, -0.05) is 13.8 Å². The summed E-state index contributed by atoms with van der Waals surface area (Å²) in [6.45, 7) is 6.04. The molecule has 1 saturated heterocycles. The van der Waals surface area contributed by atoms with E-state index in [2.05, 4.69) is 6.92 Å². The van der Waals surface area contributed by atoms with Crippen molar-refractivity contribution >= 4 is 5.91 Å². The summed E-state index contributed by atoms with van der Waals surface area (Å²) in [6, 6.07) is 0. The second-order valence-corrected chi connectivity index (χ2v) is 2.99. The summed E-state index contributed by atoms with van der Waals surface area (Å²) in [5, 5.41) is 0. The zero-order valence-corrected chi connectivity index (χ0v) is 6.76. The molecule has 2 nitrogen and oxygen atoms in total. The summed E-state index contributed by atoms with van der Waals surface area (Å²) < 4.78 is 0. The molecule has 1 fully saturated rings. The van der Waals surface area contributed by atoms with E-state index < -0.39 is 0 Å². The fourth-order valence-corrected chi connectivity index (χ4v) is 1.02. The zero-order valence-electron chi connectivity index (χ0n) is 6.76. The number of nitrogens with zero attached hydrogens (tertiary/aromatic N) is 1. The van der Waals surface area contributed by atoms with E-state index in [4.69, 9.17) is 0 Å². The van der Waals surface area contributed by atoms with E-state index in [1.54, 1.807) is 0 Å². The first kappa shape index (κ1) is 7.58. The molecule has 0 spiro atoms. The Labute approximate surface area is 62.2 Å². The molecule has 0 aliphatic carbocycles. The van der Waals surface area contributed by atoms with Gasteiger partial charge in [-0.05, 0) is 12.8 Å². The average Bonchev–Trinajstić information content (AvgIpc) is 1.82. The molecular formula is C8H15NO. The fraction of sp³-hybridized carbons (Fsp3) is 0.875. The van der Waals surface area contributed by atoms with Gasteiger partial charge >= 0.3 is 0 Å². The highest BCUT2D eigenvalue weighted by atomic mass is 16.2. The Morgan fingerprint density at radius 2 is 2.20 bits per heavy atom. The second kappa shape index (κ2) is 3.04. The minimum atomic E-state index is 0.236. The lowest BCUT2D eigenvalue weighted by Gasteiger charge is -2.32. The Morgan fingerprint density at radius 3 is 2.50 bits per heavy atom. The quantitative estimate of drug-likeness (QED) is 0.567. The molecular weight excluding hydrogens is 126 g/mol. The fourth-order valence-electron chi connectivity index (χ4n) is 1.02. The molecule has 0 N–H and O–H groups in total. The van der Waals surface area contributed by atoms with Crippen molar-refractivity contribution in [3.63, 3.8) is 0 Å². The Bertz CT molecular complexity index is 122. The smallest absolute Gasteiger partial charge is 0.225 e. The minimum Gasteiger partial charge on any atom is -0.342 e. The summed E-state index contributed by atoms with van der Waals surface area (Å²) in [4.78, 5) is 13.2. The largest absolute Gasteiger partial charge is 0.342 e. The molecule has 1 aliphatic heterocycles. The number of carbonyl (C=O) groups excluding carboxylic acids is 1. The van der Waals surface area contributed by atoms with Crippen LogP contribution in [0.5, 0.6) is 0 Å². The molecule has 1 rings (SSSR count). The van der Waals surface area contributed by atoms with Crippen molar-refractivity contribution in [1.29, 1.82) is 0 Å². The molecule has 1 heterocycles. The molecule has 0 aromatic rings. The molecule has 0 radical (unpaired) electrons. The monoisotopic (exact) mass is 141 g/mol. The van der Waals surface area contributed by atoms with Gasteiger partial charge in [0.2, 0.25) is 5.91 Å². The van der Waals surface area contributed by atoms with Crippen LogP contribution in [0.4, 0.5) is 0 Å². The summed E-state index contributed by atoms with van der Waals surface area (Å²) in [5.41, 5.74) is 0. The number of carbonyl (C=O) groups is 1. The third-order valence-corrected chi connectivity index (χ3v) is 2.20. The normalized spacial score (nSPS) is 20.0. The van der Waals surface area contributed by atoms with Crippen LogP contribution in [0.25, 0.3) is 0 Å². The number of amides is 1. The van der Waals surface area contributed by atoms with E-state index in [0.717, 1.165) is 19.5 Å². The molecule has 58 valence electrons. The Hall–Kier alpha value is -0.530. The number of hydrogen-bond donors (Lipinski definition) is 0. The Kier molecular flexibility index (Phi) is 2.30. The van der Waals surface area contributed by atoms with E-state index in [9.17, 15) is 4.79 Å². The first-order chi connectivity index (χ1) is 4.75. The van der Waals surface area contributed by atoms with Crippen molar-refractivity contribution in [2.75, 3.05) is 13.1 Å². The highest BCUT2D eigenvalue weighted by Gasteiger charge is 2.23. The SMILES string of the molecule is CCC(C)C(=O)N1CCC1. The first-order valence-electron chi connectivity index (χ1n) is 4.04. The van der Waals surface area contributed by atoms with Crippen LogP contribution in [-0.2, 0) is 4.79 Å². The van der Waals surface area contributed by atoms with Crippen LogP contribution in [0.1, 0.15) is 26.7 Å². The number of hydrogen-bond acceptors (Lipinski definition) is 1. The number of rotatable bonds is 2. The maximum absolute atomic E-state index is 11.3. The molecule has 10 heavy (non-hydrogen) atoms. The van der Waals surface area contributed by atoms with Crippen LogP contribution in [0.2, 0.25) is 0 Å². The van der Waals surface area contributed by atoms with Gasteiger partial charge in [0, 0.05) is 19.0 Å². The van der Waals surface area contributed by atoms with Crippen LogP contribution < -0.4 is 0 Å². The summed E-state index contributed by atoms with van der Waals surface area (Å²) >= 11 is 0. The van der Waals surface area contributed by atoms with Crippen molar-refractivity contribution in [3.8, 4) is 0 Å². The molecule has 0 aromatic carbocycles. The second-order valence-electron chi connectivity index (χ2n) is 2.99. The van der Waals surface area contributed by atoms with Gasteiger partial charge in [0.05, 0.1) is 0 Å². The lowest BCUT2D eigenvalue weighted by atomic mass is 10.1. The predicted octanol–water partition coefficient (Wildman–Crippen LogP) is 1.26. The zero-order chi connectivity index (χ0) is 7.56. The van der Waals surface area contributed by atoms with Gasteiger partial charge in [-0.15, -0.1) is 0 Å². The molecule has 1 amide bonds. The van der Waals surface area contributed by atoms with Crippen LogP contribution in [0.15, 0.2) is 0 Å². The molecule has 1 unspecified atom stereocenters. The van der Waals surface area contributed by atoms with Crippen molar-refractivity contribution in [1.82, 2.24) is 4.90 Å². The molecule has 1 aliphatic rings. The van der Waals surface area contributed by atoms with Crippen LogP contribution >= 0.6 is 0 Å². The van der Waals surface area contributed by atoms with Gasteiger partial charge in [-0.2, -0.15) is 0 Å². The van der Waals surface area contributed by atoms with Crippen LogP contribution in [-0.4, -0.2) is 23.9 Å². The molecule has 1 atom stereocenters. The maximum Gasteiger partial charge on any atom is 0.225 e. The summed E-state index contributed by atoms with van der Waals surface area (Å²) in [6.07, 6.45) is 2.16. The lowest BCUT2D eigenvalue weighted by molar-refractivity contribution is -0.138. The maximum atomic E-state index is 11.3. The van der Waals surface area contributed by atoms with E-state index in [-0.39, 0.29) is 5.92 Å². The van der Waals surface area contributed by atoms with E-state index in [1.807, 2.05) is 11.8 Å². The van der Waals surface area contributed by atoms with E-state index >= 15 is 0 Å². The Balaban J connectivity index is 2.32. The highest BCUT2D eigenvalue weighted by molar-refractivity contribution is 5.79. The minimum absolute atomic E-state index is 0.236. The van der Waals surface area contributed by atoms with Gasteiger partial charge in [-0.3, -0.25) is 4.79 Å². The van der Waals surface area contributed by atoms with Crippen molar-refractivity contribution in [2.24, 2.45) is 5.92 Å². The third-order valence-electron chi connectivity index (χ3n) is 2.20. The third kappa shape index (κ3) is 1.31. The van der Waals surface area contributed by atoms with Crippen molar-refractivity contribution < 1.29 is 4.79 Å². The van der Waals surface area contributed by atoms with Crippen molar-refractivity contribution in [2.45, 2.75) is 26.7 Å². The number of likely N-dealkylation sites (tertiary alicyclic amines) is 1. The van der Waals surface area contributed by atoms with Gasteiger partial charge in [0.25, 0.3) is 0 Å². The van der Waals surface area contributed by atoms with E-state index in [1.165, 1.54) is 6.42 Å². The lowest BCUT2D eigenvalue weighted by Crippen LogP contribution is -2.44. The van der Waals surface area contributed by atoms with Crippen molar-refractivity contribution in [3.05, 3.63) is 0 Å². The molecule has 0 bridgehead atoms. The van der Waals surface area contributed by atoms with Crippen LogP contribution in [0.3, 0.4) is 0 Å². The summed E-state index contributed by atoms with van der Waals surface area (Å²) in [5.74, 6) is 0.578. The average molecular weight is 141 g/mol. The standard InChI is InChI=1S/C8H15NO/c1-3-7(2)8(10)9-5-4-6-9/h7H,3-6H2,1-2H3. The predicted molar refractivity (Wildman–Crippen MR) is 40.7 cm³/mol. The molecule has 0 aromatic heterocycles. The molecule has 0 saturated carbocycles. The highest BCUT2D eigenvalue weighted by Crippen LogP contribution is 2.12. The van der Waals surface area contributed by atoms with Crippen LogP contribution in [0, 0.1) is 5.92 Å². The molecule has 2 heteroatoms. The summed E-state index contributed by atoms with van der Waals surface area (Å²) in [7, 11) is 0. The Morgan fingerprint density at radius 1 is 1.60 bits per heavy atom. The first-order valence-corrected chi connectivity index (χ1v) is 4.04. The van der Waals surface area contributed by atoms with Gasteiger partial charge < -0.3 is 4.90 Å². The van der Waals surface area contributed by atoms with Gasteiger partial charge in [0.15, 0.2) is 0 Å².